The molecule has 29 heavy (non-hydrogen) atoms. The van der Waals surface area contributed by atoms with Crippen LogP contribution in [0.25, 0.3) is 0 Å². The normalized spacial score (nSPS) is 10.5. The van der Waals surface area contributed by atoms with Gasteiger partial charge in [-0.3, -0.25) is 4.79 Å². The number of aromatic nitrogens is 2. The molecule has 0 saturated carbocycles. The van der Waals surface area contributed by atoms with Crippen molar-refractivity contribution in [3.63, 3.8) is 0 Å². The molecule has 0 saturated heterocycles. The molecule has 1 amide bonds. The number of hydrogen-bond acceptors (Lipinski definition) is 5. The number of aryl methyl sites for hydroxylation is 3. The van der Waals surface area contributed by atoms with E-state index in [-0.39, 0.29) is 5.91 Å². The number of benzene rings is 2. The summed E-state index contributed by atoms with van der Waals surface area (Å²) in [5.74, 6) is 1.77. The Morgan fingerprint density at radius 2 is 1.72 bits per heavy atom. The zero-order valence-corrected chi connectivity index (χ0v) is 17.2. The number of ether oxygens (including phenoxy) is 1. The average Bonchev–Trinajstić information content (AvgIpc) is 2.71. The van der Waals surface area contributed by atoms with Crippen LogP contribution in [0, 0.1) is 20.8 Å². The fraction of sp³-hybridized carbons (Fsp3) is 0.261. The third kappa shape index (κ3) is 5.54. The van der Waals surface area contributed by atoms with E-state index in [2.05, 4.69) is 20.6 Å². The standard InChI is InChI=1S/C23H26N4O2/c1-15-5-8-19(13-16(15)2)27-23(28)21-14-22(26-17(3)25-21)24-12-11-18-6-9-20(29-4)10-7-18/h5-10,13-14H,11-12H2,1-4H3,(H,27,28)(H,24,25,26). The molecule has 6 nitrogen and oxygen atoms in total. The van der Waals surface area contributed by atoms with E-state index in [0.29, 0.717) is 23.9 Å². The molecule has 1 heterocycles. The monoisotopic (exact) mass is 390 g/mol. The van der Waals surface area contributed by atoms with Gasteiger partial charge in [0.05, 0.1) is 7.11 Å². The highest BCUT2D eigenvalue weighted by Gasteiger charge is 2.11. The lowest BCUT2D eigenvalue weighted by Gasteiger charge is -2.10. The Morgan fingerprint density at radius 3 is 2.41 bits per heavy atom. The predicted octanol–water partition coefficient (Wildman–Crippen LogP) is 4.32. The number of carbonyl (C=O) groups is 1. The zero-order chi connectivity index (χ0) is 20.8. The van der Waals surface area contributed by atoms with Crippen LogP contribution in [0.5, 0.6) is 5.75 Å². The van der Waals surface area contributed by atoms with Gasteiger partial charge in [-0.1, -0.05) is 18.2 Å². The van der Waals surface area contributed by atoms with Crippen molar-refractivity contribution in [2.24, 2.45) is 0 Å². The highest BCUT2D eigenvalue weighted by molar-refractivity contribution is 6.03. The molecule has 3 rings (SSSR count). The SMILES string of the molecule is COc1ccc(CCNc2cc(C(=O)Nc3ccc(C)c(C)c3)nc(C)n2)cc1. The number of nitrogens with one attached hydrogen (secondary N) is 2. The van der Waals surface area contributed by atoms with Gasteiger partial charge in [0.2, 0.25) is 0 Å². The molecule has 0 unspecified atom stereocenters. The molecule has 0 aliphatic carbocycles. The molecule has 2 aromatic carbocycles. The largest absolute Gasteiger partial charge is 0.497 e. The summed E-state index contributed by atoms with van der Waals surface area (Å²) >= 11 is 0. The Balaban J connectivity index is 1.63. The first-order valence-corrected chi connectivity index (χ1v) is 9.55. The van der Waals surface area contributed by atoms with E-state index in [1.165, 1.54) is 11.1 Å². The number of hydrogen-bond donors (Lipinski definition) is 2. The second-order valence-corrected chi connectivity index (χ2v) is 6.96. The van der Waals surface area contributed by atoms with Crippen LogP contribution in [0.4, 0.5) is 11.5 Å². The topological polar surface area (TPSA) is 76.1 Å². The van der Waals surface area contributed by atoms with E-state index in [0.717, 1.165) is 23.4 Å². The lowest BCUT2D eigenvalue weighted by Crippen LogP contribution is -2.16. The lowest BCUT2D eigenvalue weighted by atomic mass is 10.1. The first-order chi connectivity index (χ1) is 13.9. The van der Waals surface area contributed by atoms with Crippen LogP contribution in [-0.2, 0) is 6.42 Å². The van der Waals surface area contributed by atoms with E-state index in [4.69, 9.17) is 4.74 Å². The second kappa shape index (κ2) is 9.19. The maximum atomic E-state index is 12.6. The molecule has 0 spiro atoms. The number of carbonyl (C=O) groups excluding carboxylic acids is 1. The lowest BCUT2D eigenvalue weighted by molar-refractivity contribution is 0.102. The van der Waals surface area contributed by atoms with Crippen LogP contribution >= 0.6 is 0 Å². The number of rotatable bonds is 7. The molecular weight excluding hydrogens is 364 g/mol. The van der Waals surface area contributed by atoms with Gasteiger partial charge in [-0.15, -0.1) is 0 Å². The highest BCUT2D eigenvalue weighted by Crippen LogP contribution is 2.16. The number of amides is 1. The van der Waals surface area contributed by atoms with Crippen LogP contribution in [0.15, 0.2) is 48.5 Å². The van der Waals surface area contributed by atoms with Crippen LogP contribution < -0.4 is 15.4 Å². The van der Waals surface area contributed by atoms with Gasteiger partial charge in [-0.25, -0.2) is 9.97 Å². The minimum Gasteiger partial charge on any atom is -0.497 e. The summed E-state index contributed by atoms with van der Waals surface area (Å²) < 4.78 is 5.18. The number of methoxy groups -OCH3 is 1. The van der Waals surface area contributed by atoms with E-state index in [1.54, 1.807) is 20.1 Å². The predicted molar refractivity (Wildman–Crippen MR) is 116 cm³/mol. The van der Waals surface area contributed by atoms with E-state index in [1.807, 2.05) is 56.3 Å². The average molecular weight is 390 g/mol. The Bertz CT molecular complexity index is 1000. The molecule has 3 aromatic rings. The van der Waals surface area contributed by atoms with Crippen LogP contribution in [0.2, 0.25) is 0 Å². The van der Waals surface area contributed by atoms with E-state index >= 15 is 0 Å². The van der Waals surface area contributed by atoms with Crippen molar-refractivity contribution < 1.29 is 9.53 Å². The van der Waals surface area contributed by atoms with Gasteiger partial charge in [0.15, 0.2) is 0 Å². The van der Waals surface area contributed by atoms with Crippen LogP contribution in [0.1, 0.15) is 33.0 Å². The van der Waals surface area contributed by atoms with E-state index < -0.39 is 0 Å². The van der Waals surface area contributed by atoms with Gasteiger partial charge in [0.1, 0.15) is 23.1 Å². The molecule has 0 aliphatic rings. The molecule has 150 valence electrons. The molecule has 0 atom stereocenters. The molecule has 0 aliphatic heterocycles. The first-order valence-electron chi connectivity index (χ1n) is 9.55. The van der Waals surface area contributed by atoms with Gasteiger partial charge >= 0.3 is 0 Å². The van der Waals surface area contributed by atoms with Crippen molar-refractivity contribution in [2.75, 3.05) is 24.3 Å². The molecule has 1 aromatic heterocycles. The van der Waals surface area contributed by atoms with Crippen molar-refractivity contribution in [3.8, 4) is 5.75 Å². The van der Waals surface area contributed by atoms with Crippen LogP contribution in [-0.4, -0.2) is 29.5 Å². The summed E-state index contributed by atoms with van der Waals surface area (Å²) in [4.78, 5) is 21.3. The molecule has 0 radical (unpaired) electrons. The maximum Gasteiger partial charge on any atom is 0.274 e. The smallest absolute Gasteiger partial charge is 0.274 e. The Labute approximate surface area is 171 Å². The van der Waals surface area contributed by atoms with Crippen molar-refractivity contribution in [3.05, 3.63) is 76.7 Å². The van der Waals surface area contributed by atoms with Gasteiger partial charge in [-0.05, 0) is 68.1 Å². The summed E-state index contributed by atoms with van der Waals surface area (Å²) in [5, 5.41) is 6.18. The quantitative estimate of drug-likeness (QED) is 0.628. The maximum absolute atomic E-state index is 12.6. The Morgan fingerprint density at radius 1 is 0.966 bits per heavy atom. The molecular formula is C23H26N4O2. The first kappa shape index (κ1) is 20.3. The second-order valence-electron chi connectivity index (χ2n) is 6.96. The van der Waals surface area contributed by atoms with Crippen molar-refractivity contribution >= 4 is 17.4 Å². The van der Waals surface area contributed by atoms with Crippen LogP contribution in [0.3, 0.4) is 0 Å². The fourth-order valence-corrected chi connectivity index (χ4v) is 2.92. The third-order valence-corrected chi connectivity index (χ3v) is 4.71. The highest BCUT2D eigenvalue weighted by atomic mass is 16.5. The van der Waals surface area contributed by atoms with E-state index in [9.17, 15) is 4.79 Å². The summed E-state index contributed by atoms with van der Waals surface area (Å²) in [6.07, 6.45) is 0.831. The number of anilines is 2. The summed E-state index contributed by atoms with van der Waals surface area (Å²) in [7, 11) is 1.65. The Kier molecular flexibility index (Phi) is 6.44. The van der Waals surface area contributed by atoms with Crippen molar-refractivity contribution in [1.82, 2.24) is 9.97 Å². The van der Waals surface area contributed by atoms with Gasteiger partial charge in [-0.2, -0.15) is 0 Å². The zero-order valence-electron chi connectivity index (χ0n) is 17.2. The van der Waals surface area contributed by atoms with Crippen molar-refractivity contribution in [2.45, 2.75) is 27.2 Å². The molecule has 0 bridgehead atoms. The van der Waals surface area contributed by atoms with Gasteiger partial charge in [0, 0.05) is 18.3 Å². The molecule has 6 heteroatoms. The van der Waals surface area contributed by atoms with Gasteiger partial charge < -0.3 is 15.4 Å². The summed E-state index contributed by atoms with van der Waals surface area (Å²) in [6.45, 7) is 6.53. The Hall–Kier alpha value is -3.41. The summed E-state index contributed by atoms with van der Waals surface area (Å²) in [6, 6.07) is 15.5. The fourth-order valence-electron chi connectivity index (χ4n) is 2.92. The van der Waals surface area contributed by atoms with Gasteiger partial charge in [0.25, 0.3) is 5.91 Å². The minimum absolute atomic E-state index is 0.253. The number of nitrogens with zero attached hydrogens (tertiary/aromatic N) is 2. The summed E-state index contributed by atoms with van der Waals surface area (Å²) in [5.41, 5.74) is 4.59. The van der Waals surface area contributed by atoms with Crippen molar-refractivity contribution in [1.29, 1.82) is 0 Å². The molecule has 0 fully saturated rings. The minimum atomic E-state index is -0.253. The third-order valence-electron chi connectivity index (χ3n) is 4.71. The molecule has 2 N–H and O–H groups in total.